The molecule has 4 nitrogen and oxygen atoms in total. The van der Waals surface area contributed by atoms with Crippen molar-refractivity contribution in [3.63, 3.8) is 0 Å². The molecule has 0 saturated carbocycles. The molecule has 0 amide bonds. The zero-order valence-corrected chi connectivity index (χ0v) is 10.3. The van der Waals surface area contributed by atoms with Gasteiger partial charge in [0.1, 0.15) is 0 Å². The maximum absolute atomic E-state index is 12.0. The Kier molecular flexibility index (Phi) is 3.19. The van der Waals surface area contributed by atoms with Crippen LogP contribution in [0.15, 0.2) is 36.6 Å². The molecule has 0 aliphatic carbocycles. The summed E-state index contributed by atoms with van der Waals surface area (Å²) in [6, 6.07) is 7.32. The highest BCUT2D eigenvalue weighted by Crippen LogP contribution is 2.34. The molecule has 0 unspecified atom stereocenters. The smallest absolute Gasteiger partial charge is 0.355 e. The zero-order chi connectivity index (χ0) is 13.2. The van der Waals surface area contributed by atoms with Crippen LogP contribution in [0.1, 0.15) is 17.5 Å². The molecule has 94 valence electrons. The molecule has 1 aromatic carbocycles. The van der Waals surface area contributed by atoms with Gasteiger partial charge in [-0.05, 0) is 6.92 Å². The fourth-order valence-corrected chi connectivity index (χ4v) is 2.04. The molecular weight excluding hydrogens is 232 g/mol. The van der Waals surface area contributed by atoms with Gasteiger partial charge in [0.05, 0.1) is 19.8 Å². The third-order valence-electron chi connectivity index (χ3n) is 2.95. The highest BCUT2D eigenvalue weighted by molar-refractivity contribution is 5.96. The summed E-state index contributed by atoms with van der Waals surface area (Å²) in [5.74, 6) is -0.723. The van der Waals surface area contributed by atoms with Crippen molar-refractivity contribution in [2.45, 2.75) is 18.9 Å². The van der Waals surface area contributed by atoms with Gasteiger partial charge in [0, 0.05) is 11.6 Å². The number of ether oxygens (including phenoxy) is 2. The number of benzene rings is 1. The lowest BCUT2D eigenvalue weighted by Crippen LogP contribution is -2.42. The Bertz CT molecular complexity index is 518. The molecule has 0 aromatic heterocycles. The van der Waals surface area contributed by atoms with Gasteiger partial charge in [-0.2, -0.15) is 0 Å². The lowest BCUT2D eigenvalue weighted by atomic mass is 9.86. The van der Waals surface area contributed by atoms with Crippen LogP contribution in [0.5, 0.6) is 0 Å². The molecular formula is C14H14O4. The van der Waals surface area contributed by atoms with E-state index in [1.54, 1.807) is 6.07 Å². The van der Waals surface area contributed by atoms with Gasteiger partial charge in [0.2, 0.25) is 5.60 Å². The Morgan fingerprint density at radius 3 is 2.83 bits per heavy atom. The first-order chi connectivity index (χ1) is 8.58. The third-order valence-corrected chi connectivity index (χ3v) is 2.95. The molecule has 0 fully saturated rings. The van der Waals surface area contributed by atoms with E-state index < -0.39 is 11.6 Å². The van der Waals surface area contributed by atoms with E-state index in [-0.39, 0.29) is 12.2 Å². The summed E-state index contributed by atoms with van der Waals surface area (Å²) in [5, 5.41) is 0. The van der Waals surface area contributed by atoms with Crippen LogP contribution in [-0.2, 0) is 24.7 Å². The van der Waals surface area contributed by atoms with Gasteiger partial charge >= 0.3 is 5.97 Å². The highest BCUT2D eigenvalue weighted by Gasteiger charge is 2.46. The van der Waals surface area contributed by atoms with Gasteiger partial charge in [-0.3, -0.25) is 4.79 Å². The highest BCUT2D eigenvalue weighted by atomic mass is 16.6. The minimum Gasteiger partial charge on any atom is -0.478 e. The third kappa shape index (κ3) is 2.01. The standard InChI is InChI=1S/C14H14O4/c1-10-4-3-5-11(8-10)14(13(16)17-2)9-12(15)6-7-18-14/h3-8H,9H2,1-2H3/t14-/m0/s1. The Morgan fingerprint density at radius 2 is 2.22 bits per heavy atom. The summed E-state index contributed by atoms with van der Waals surface area (Å²) in [4.78, 5) is 23.6. The van der Waals surface area contributed by atoms with Crippen LogP contribution >= 0.6 is 0 Å². The number of aryl methyl sites for hydroxylation is 1. The Hall–Kier alpha value is -2.10. The zero-order valence-electron chi connectivity index (χ0n) is 10.3. The summed E-state index contributed by atoms with van der Waals surface area (Å²) in [6.07, 6.45) is 2.53. The van der Waals surface area contributed by atoms with Crippen LogP contribution in [0.4, 0.5) is 0 Å². The first-order valence-electron chi connectivity index (χ1n) is 5.61. The van der Waals surface area contributed by atoms with E-state index in [1.165, 1.54) is 19.4 Å². The van der Waals surface area contributed by atoms with Crippen molar-refractivity contribution in [1.82, 2.24) is 0 Å². The van der Waals surface area contributed by atoms with Gasteiger partial charge in [0.15, 0.2) is 5.78 Å². The topological polar surface area (TPSA) is 52.6 Å². The van der Waals surface area contributed by atoms with E-state index in [1.807, 2.05) is 25.1 Å². The second-order valence-corrected chi connectivity index (χ2v) is 4.25. The van der Waals surface area contributed by atoms with Crippen molar-refractivity contribution in [2.75, 3.05) is 7.11 Å². The Labute approximate surface area is 105 Å². The predicted octanol–water partition coefficient (Wildman–Crippen LogP) is 1.87. The van der Waals surface area contributed by atoms with Crippen LogP contribution in [0.3, 0.4) is 0 Å². The minimum atomic E-state index is -1.35. The number of methoxy groups -OCH3 is 1. The van der Waals surface area contributed by atoms with E-state index in [4.69, 9.17) is 9.47 Å². The average molecular weight is 246 g/mol. The van der Waals surface area contributed by atoms with Gasteiger partial charge in [0.25, 0.3) is 0 Å². The molecule has 1 aliphatic rings. The van der Waals surface area contributed by atoms with Crippen molar-refractivity contribution in [2.24, 2.45) is 0 Å². The number of carbonyl (C=O) groups is 2. The monoisotopic (exact) mass is 246 g/mol. The van der Waals surface area contributed by atoms with E-state index in [0.29, 0.717) is 5.56 Å². The van der Waals surface area contributed by atoms with Crippen molar-refractivity contribution >= 4 is 11.8 Å². The average Bonchev–Trinajstić information content (AvgIpc) is 2.37. The van der Waals surface area contributed by atoms with Crippen molar-refractivity contribution in [3.05, 3.63) is 47.7 Å². The molecule has 4 heteroatoms. The Balaban J connectivity index is 2.52. The quantitative estimate of drug-likeness (QED) is 0.747. The van der Waals surface area contributed by atoms with Gasteiger partial charge in [-0.25, -0.2) is 4.79 Å². The summed E-state index contributed by atoms with van der Waals surface area (Å²) in [6.45, 7) is 1.91. The van der Waals surface area contributed by atoms with E-state index >= 15 is 0 Å². The molecule has 2 rings (SSSR count). The summed E-state index contributed by atoms with van der Waals surface area (Å²) >= 11 is 0. The number of hydrogen-bond donors (Lipinski definition) is 0. The van der Waals surface area contributed by atoms with E-state index in [0.717, 1.165) is 5.56 Å². The van der Waals surface area contributed by atoms with E-state index in [2.05, 4.69) is 0 Å². The maximum Gasteiger partial charge on any atom is 0.355 e. The number of carbonyl (C=O) groups excluding carboxylic acids is 2. The van der Waals surface area contributed by atoms with Gasteiger partial charge in [-0.1, -0.05) is 29.8 Å². The largest absolute Gasteiger partial charge is 0.478 e. The summed E-state index contributed by atoms with van der Waals surface area (Å²) in [5.41, 5.74) is 0.264. The first-order valence-corrected chi connectivity index (χ1v) is 5.61. The first kappa shape index (κ1) is 12.4. The Morgan fingerprint density at radius 1 is 1.44 bits per heavy atom. The summed E-state index contributed by atoms with van der Waals surface area (Å²) in [7, 11) is 1.28. The lowest BCUT2D eigenvalue weighted by molar-refractivity contribution is -0.168. The lowest BCUT2D eigenvalue weighted by Gasteiger charge is -2.32. The molecule has 0 spiro atoms. The molecule has 18 heavy (non-hydrogen) atoms. The van der Waals surface area contributed by atoms with Crippen LogP contribution in [0.2, 0.25) is 0 Å². The molecule has 0 saturated heterocycles. The van der Waals surface area contributed by atoms with Crippen molar-refractivity contribution < 1.29 is 19.1 Å². The number of allylic oxidation sites excluding steroid dienone is 1. The number of rotatable bonds is 2. The normalized spacial score (nSPS) is 22.4. The molecule has 1 aromatic rings. The number of esters is 1. The predicted molar refractivity (Wildman–Crippen MR) is 64.7 cm³/mol. The van der Waals surface area contributed by atoms with Gasteiger partial charge in [-0.15, -0.1) is 0 Å². The molecule has 1 atom stereocenters. The molecule has 1 aliphatic heterocycles. The minimum absolute atomic E-state index is 0.0420. The van der Waals surface area contributed by atoms with Crippen LogP contribution in [0.25, 0.3) is 0 Å². The molecule has 0 bridgehead atoms. The second-order valence-electron chi connectivity index (χ2n) is 4.25. The molecule has 0 N–H and O–H groups in total. The van der Waals surface area contributed by atoms with Gasteiger partial charge < -0.3 is 9.47 Å². The maximum atomic E-state index is 12.0. The van der Waals surface area contributed by atoms with Crippen LogP contribution in [0, 0.1) is 6.92 Å². The molecule has 0 radical (unpaired) electrons. The van der Waals surface area contributed by atoms with Crippen molar-refractivity contribution in [1.29, 1.82) is 0 Å². The van der Waals surface area contributed by atoms with Crippen molar-refractivity contribution in [3.8, 4) is 0 Å². The molecule has 1 heterocycles. The number of hydrogen-bond acceptors (Lipinski definition) is 4. The van der Waals surface area contributed by atoms with E-state index in [9.17, 15) is 9.59 Å². The van der Waals surface area contributed by atoms with Crippen LogP contribution < -0.4 is 0 Å². The SMILES string of the molecule is COC(=O)[C@@]1(c2cccc(C)c2)CC(=O)C=CO1. The number of ketones is 1. The summed E-state index contributed by atoms with van der Waals surface area (Å²) < 4.78 is 10.2. The fraction of sp³-hybridized carbons (Fsp3) is 0.286. The van der Waals surface area contributed by atoms with Crippen LogP contribution in [-0.4, -0.2) is 18.9 Å². The second kappa shape index (κ2) is 4.64. The fourth-order valence-electron chi connectivity index (χ4n) is 2.04.